The molecule has 1 N–H and O–H groups in total. The molecule has 1 aliphatic rings. The number of likely N-dealkylation sites (tertiary alicyclic amines) is 1. The number of allylic oxidation sites excluding steroid dienone is 2. The predicted molar refractivity (Wildman–Crippen MR) is 106 cm³/mol. The molecule has 2 heterocycles. The summed E-state index contributed by atoms with van der Waals surface area (Å²) >= 11 is 0. The van der Waals surface area contributed by atoms with Crippen molar-refractivity contribution < 1.29 is 17.6 Å². The fourth-order valence-electron chi connectivity index (χ4n) is 3.46. The standard InChI is InChI=1S/C21H23F4N3/c1-4-6-14-11-16-15(20(26-14)13(2)21(23,24)25)7-5-8-18(16)27-19-9-10-28(3)12-17(19)22/h4-8,11,17,19,27H,2,9-10,12H2,1,3H3/b6-4+/t17-,19+/m0/s1. The molecule has 28 heavy (non-hydrogen) atoms. The van der Waals surface area contributed by atoms with E-state index in [2.05, 4.69) is 16.9 Å². The fraction of sp³-hybridized carbons (Fsp3) is 0.381. The van der Waals surface area contributed by atoms with E-state index in [0.717, 1.165) is 6.54 Å². The van der Waals surface area contributed by atoms with Crippen LogP contribution in [0, 0.1) is 0 Å². The molecule has 0 aliphatic carbocycles. The number of rotatable bonds is 4. The van der Waals surface area contributed by atoms with Crippen molar-refractivity contribution in [1.82, 2.24) is 9.88 Å². The lowest BCUT2D eigenvalue weighted by Gasteiger charge is -2.33. The average Bonchev–Trinajstić information content (AvgIpc) is 2.62. The summed E-state index contributed by atoms with van der Waals surface area (Å²) in [6.07, 6.45) is -1.69. The van der Waals surface area contributed by atoms with Gasteiger partial charge in [0, 0.05) is 29.5 Å². The number of anilines is 1. The summed E-state index contributed by atoms with van der Waals surface area (Å²) in [5.41, 5.74) is -0.213. The molecule has 0 radical (unpaired) electrons. The highest BCUT2D eigenvalue weighted by atomic mass is 19.4. The number of benzene rings is 1. The van der Waals surface area contributed by atoms with Crippen molar-refractivity contribution >= 4 is 28.1 Å². The van der Waals surface area contributed by atoms with E-state index in [1.165, 1.54) is 0 Å². The molecule has 1 aromatic carbocycles. The van der Waals surface area contributed by atoms with Gasteiger partial charge in [0.05, 0.1) is 23.0 Å². The van der Waals surface area contributed by atoms with E-state index in [1.54, 1.807) is 43.3 Å². The Balaban J connectivity index is 2.09. The number of halogens is 4. The summed E-state index contributed by atoms with van der Waals surface area (Å²) in [4.78, 5) is 6.08. The zero-order chi connectivity index (χ0) is 20.5. The molecule has 0 bridgehead atoms. The number of nitrogens with one attached hydrogen (secondary N) is 1. The van der Waals surface area contributed by atoms with E-state index in [0.29, 0.717) is 35.1 Å². The third kappa shape index (κ3) is 4.19. The van der Waals surface area contributed by atoms with Crippen LogP contribution in [-0.2, 0) is 0 Å². The molecule has 1 fully saturated rings. The number of hydrogen-bond donors (Lipinski definition) is 1. The van der Waals surface area contributed by atoms with E-state index in [-0.39, 0.29) is 5.69 Å². The van der Waals surface area contributed by atoms with E-state index in [4.69, 9.17) is 0 Å². The van der Waals surface area contributed by atoms with Gasteiger partial charge in [-0.2, -0.15) is 13.2 Å². The minimum Gasteiger partial charge on any atom is -0.379 e. The largest absolute Gasteiger partial charge is 0.417 e. The second-order valence-corrected chi connectivity index (χ2v) is 7.09. The van der Waals surface area contributed by atoms with E-state index in [9.17, 15) is 17.6 Å². The molecule has 0 unspecified atom stereocenters. The summed E-state index contributed by atoms with van der Waals surface area (Å²) in [5.74, 6) is 0. The molecule has 1 saturated heterocycles. The van der Waals surface area contributed by atoms with Gasteiger partial charge in [-0.25, -0.2) is 9.37 Å². The topological polar surface area (TPSA) is 28.2 Å². The monoisotopic (exact) mass is 393 g/mol. The highest BCUT2D eigenvalue weighted by molar-refractivity contribution is 6.00. The minimum absolute atomic E-state index is 0.207. The molecule has 2 aromatic rings. The lowest BCUT2D eigenvalue weighted by atomic mass is 9.99. The molecule has 150 valence electrons. The molecule has 0 spiro atoms. The summed E-state index contributed by atoms with van der Waals surface area (Å²) in [5, 5.41) is 4.11. The summed E-state index contributed by atoms with van der Waals surface area (Å²) < 4.78 is 54.4. The number of hydrogen-bond acceptors (Lipinski definition) is 3. The molecule has 0 saturated carbocycles. The summed E-state index contributed by atoms with van der Waals surface area (Å²) in [7, 11) is 1.87. The van der Waals surface area contributed by atoms with Crippen molar-refractivity contribution in [3.63, 3.8) is 0 Å². The van der Waals surface area contributed by atoms with E-state index >= 15 is 0 Å². The van der Waals surface area contributed by atoms with Crippen LogP contribution in [0.3, 0.4) is 0 Å². The molecule has 3 rings (SSSR count). The Morgan fingerprint density at radius 2 is 2.07 bits per heavy atom. The van der Waals surface area contributed by atoms with Crippen LogP contribution in [0.5, 0.6) is 0 Å². The fourth-order valence-corrected chi connectivity index (χ4v) is 3.46. The van der Waals surface area contributed by atoms with Crippen molar-refractivity contribution in [2.45, 2.75) is 31.7 Å². The molecular formula is C21H23F4N3. The lowest BCUT2D eigenvalue weighted by molar-refractivity contribution is -0.0688. The van der Waals surface area contributed by atoms with Crippen molar-refractivity contribution in [1.29, 1.82) is 0 Å². The third-order valence-electron chi connectivity index (χ3n) is 4.95. The van der Waals surface area contributed by atoms with E-state index in [1.807, 2.05) is 11.9 Å². The number of fused-ring (bicyclic) bond motifs is 1. The van der Waals surface area contributed by atoms with E-state index < -0.39 is 24.0 Å². The maximum Gasteiger partial charge on any atom is 0.417 e. The Labute approximate surface area is 161 Å². The van der Waals surface area contributed by atoms with Gasteiger partial charge in [-0.05, 0) is 38.6 Å². The van der Waals surface area contributed by atoms with Gasteiger partial charge < -0.3 is 10.2 Å². The molecule has 7 heteroatoms. The van der Waals surface area contributed by atoms with Crippen molar-refractivity contribution in [3.8, 4) is 0 Å². The number of pyridine rings is 1. The SMILES string of the molecule is C=C(c1nc(/C=C/C)cc2c(N[C@@H]3CCN(C)C[C@@H]3F)cccc12)C(F)(F)F. The lowest BCUT2D eigenvalue weighted by Crippen LogP contribution is -2.46. The third-order valence-corrected chi connectivity index (χ3v) is 4.95. The molecule has 0 amide bonds. The zero-order valence-electron chi connectivity index (χ0n) is 15.9. The Morgan fingerprint density at radius 1 is 1.32 bits per heavy atom. The van der Waals surface area contributed by atoms with Crippen LogP contribution >= 0.6 is 0 Å². The molecule has 3 nitrogen and oxygen atoms in total. The smallest absolute Gasteiger partial charge is 0.379 e. The molecule has 1 aliphatic heterocycles. The van der Waals surface area contributed by atoms with Crippen LogP contribution in [-0.4, -0.2) is 48.4 Å². The number of alkyl halides is 4. The van der Waals surface area contributed by atoms with Crippen LogP contribution in [0.2, 0.25) is 0 Å². The normalized spacial score (nSPS) is 21.4. The van der Waals surface area contributed by atoms with Crippen molar-refractivity contribution in [2.75, 3.05) is 25.5 Å². The second-order valence-electron chi connectivity index (χ2n) is 7.09. The Hall–Kier alpha value is -2.41. The van der Waals surface area contributed by atoms with Gasteiger partial charge in [-0.1, -0.05) is 24.8 Å². The van der Waals surface area contributed by atoms with Crippen LogP contribution in [0.25, 0.3) is 22.4 Å². The van der Waals surface area contributed by atoms with Crippen LogP contribution in [0.15, 0.2) is 36.9 Å². The maximum atomic E-state index is 14.5. The Bertz CT molecular complexity index is 904. The average molecular weight is 393 g/mol. The van der Waals surface area contributed by atoms with Gasteiger partial charge in [0.1, 0.15) is 6.17 Å². The molecule has 1 aromatic heterocycles. The number of aromatic nitrogens is 1. The first kappa shape index (κ1) is 20.3. The number of piperidine rings is 1. The van der Waals surface area contributed by atoms with Gasteiger partial charge in [-0.3, -0.25) is 0 Å². The Morgan fingerprint density at radius 3 is 2.71 bits per heavy atom. The second kappa shape index (κ2) is 7.91. The maximum absolute atomic E-state index is 14.5. The van der Waals surface area contributed by atoms with Gasteiger partial charge in [0.25, 0.3) is 0 Å². The minimum atomic E-state index is -4.59. The van der Waals surface area contributed by atoms with Gasteiger partial charge in [0.15, 0.2) is 0 Å². The van der Waals surface area contributed by atoms with Crippen molar-refractivity contribution in [2.24, 2.45) is 0 Å². The number of nitrogens with zero attached hydrogens (tertiary/aromatic N) is 2. The quantitative estimate of drug-likeness (QED) is 0.715. The zero-order valence-corrected chi connectivity index (χ0v) is 15.9. The first-order valence-electron chi connectivity index (χ1n) is 9.12. The van der Waals surface area contributed by atoms with Crippen LogP contribution in [0.1, 0.15) is 24.7 Å². The molecule has 2 atom stereocenters. The van der Waals surface area contributed by atoms with Gasteiger partial charge >= 0.3 is 6.18 Å². The first-order chi connectivity index (χ1) is 13.2. The summed E-state index contributed by atoms with van der Waals surface area (Å²) in [6, 6.07) is 6.31. The predicted octanol–water partition coefficient (Wildman–Crippen LogP) is 5.30. The van der Waals surface area contributed by atoms with Gasteiger partial charge in [-0.15, -0.1) is 0 Å². The first-order valence-corrected chi connectivity index (χ1v) is 9.12. The van der Waals surface area contributed by atoms with Crippen LogP contribution < -0.4 is 5.32 Å². The highest BCUT2D eigenvalue weighted by Gasteiger charge is 2.35. The highest BCUT2D eigenvalue weighted by Crippen LogP contribution is 2.37. The Kier molecular flexibility index (Phi) is 5.74. The summed E-state index contributed by atoms with van der Waals surface area (Å²) in [6.45, 7) is 6.06. The van der Waals surface area contributed by atoms with Crippen LogP contribution in [0.4, 0.5) is 23.2 Å². The van der Waals surface area contributed by atoms with Crippen molar-refractivity contribution in [3.05, 3.63) is 48.3 Å². The molecular weight excluding hydrogens is 370 g/mol. The van der Waals surface area contributed by atoms with Gasteiger partial charge in [0.2, 0.25) is 0 Å².